The summed E-state index contributed by atoms with van der Waals surface area (Å²) in [5.74, 6) is 0.273. The molecule has 2 aromatic heterocycles. The van der Waals surface area contributed by atoms with Gasteiger partial charge in [0.2, 0.25) is 5.91 Å². The highest BCUT2D eigenvalue weighted by molar-refractivity contribution is 7.99. The van der Waals surface area contributed by atoms with E-state index >= 15 is 0 Å². The van der Waals surface area contributed by atoms with Crippen molar-refractivity contribution < 1.29 is 4.79 Å². The Bertz CT molecular complexity index is 1360. The average molecular weight is 465 g/mol. The zero-order valence-electron chi connectivity index (χ0n) is 16.7. The molecular weight excluding hydrogens is 448 g/mol. The van der Waals surface area contributed by atoms with Crippen LogP contribution in [0, 0.1) is 11.3 Å². The number of amides is 1. The van der Waals surface area contributed by atoms with Crippen molar-refractivity contribution in [2.75, 3.05) is 17.2 Å². The van der Waals surface area contributed by atoms with E-state index in [-0.39, 0.29) is 30.2 Å². The lowest BCUT2D eigenvalue weighted by molar-refractivity contribution is -0.116. The maximum Gasteiger partial charge on any atom is 0.266 e. The van der Waals surface area contributed by atoms with E-state index in [9.17, 15) is 9.59 Å². The molecule has 0 fully saturated rings. The highest BCUT2D eigenvalue weighted by atomic mass is 35.5. The maximum absolute atomic E-state index is 13.0. The van der Waals surface area contributed by atoms with Crippen LogP contribution in [0.2, 0.25) is 5.02 Å². The third-order valence-electron chi connectivity index (χ3n) is 4.55. The van der Waals surface area contributed by atoms with E-state index in [2.05, 4.69) is 21.1 Å². The Labute approximate surface area is 192 Å². The van der Waals surface area contributed by atoms with E-state index in [4.69, 9.17) is 16.9 Å². The van der Waals surface area contributed by atoms with Gasteiger partial charge in [-0.2, -0.15) is 5.26 Å². The Morgan fingerprint density at radius 2 is 1.97 bits per heavy atom. The van der Waals surface area contributed by atoms with Crippen molar-refractivity contribution in [3.63, 3.8) is 0 Å². The number of aromatic amines is 1. The molecule has 4 rings (SSSR count). The fourth-order valence-electron chi connectivity index (χ4n) is 3.11. The molecule has 8 nitrogen and oxygen atoms in total. The second kappa shape index (κ2) is 9.68. The van der Waals surface area contributed by atoms with Crippen LogP contribution >= 0.6 is 23.4 Å². The molecule has 1 amide bonds. The molecule has 160 valence electrons. The van der Waals surface area contributed by atoms with E-state index in [1.807, 2.05) is 36.4 Å². The minimum atomic E-state index is -0.323. The number of para-hydroxylation sites is 1. The molecule has 0 saturated carbocycles. The van der Waals surface area contributed by atoms with Crippen LogP contribution in [-0.2, 0) is 4.79 Å². The van der Waals surface area contributed by atoms with Crippen molar-refractivity contribution >= 4 is 40.6 Å². The molecule has 0 atom stereocenters. The van der Waals surface area contributed by atoms with Crippen LogP contribution in [0.25, 0.3) is 17.0 Å². The zero-order chi connectivity index (χ0) is 22.5. The molecular formula is C22H17ClN6O2S. The SMILES string of the molecule is N#CCCN(C(=O)CSc1nc(-c2cccc(Cl)c2)nc2cc(=O)[nH]n12)c1ccccc1. The van der Waals surface area contributed by atoms with Gasteiger partial charge in [-0.15, -0.1) is 0 Å². The Kier molecular flexibility index (Phi) is 6.54. The molecule has 0 aliphatic heterocycles. The first-order chi connectivity index (χ1) is 15.5. The number of hydrogen-bond donors (Lipinski definition) is 1. The summed E-state index contributed by atoms with van der Waals surface area (Å²) < 4.78 is 1.45. The molecule has 10 heteroatoms. The van der Waals surface area contributed by atoms with Crippen LogP contribution in [0.5, 0.6) is 0 Å². The van der Waals surface area contributed by atoms with Gasteiger partial charge in [-0.25, -0.2) is 14.5 Å². The van der Waals surface area contributed by atoms with Gasteiger partial charge in [-0.3, -0.25) is 14.7 Å². The quantitative estimate of drug-likeness (QED) is 0.417. The summed E-state index contributed by atoms with van der Waals surface area (Å²) in [5, 5.41) is 12.6. The van der Waals surface area contributed by atoms with Crippen molar-refractivity contribution in [1.29, 1.82) is 5.26 Å². The second-order valence-electron chi connectivity index (χ2n) is 6.73. The molecule has 0 aliphatic carbocycles. The number of nitrogens with one attached hydrogen (secondary N) is 1. The monoisotopic (exact) mass is 464 g/mol. The number of nitriles is 1. The van der Waals surface area contributed by atoms with Crippen molar-refractivity contribution in [1.82, 2.24) is 19.6 Å². The van der Waals surface area contributed by atoms with E-state index in [1.54, 1.807) is 23.1 Å². The number of fused-ring (bicyclic) bond motifs is 1. The van der Waals surface area contributed by atoms with Crippen molar-refractivity contribution in [2.45, 2.75) is 11.6 Å². The molecule has 0 bridgehead atoms. The Balaban J connectivity index is 1.64. The number of nitrogens with zero attached hydrogens (tertiary/aromatic N) is 5. The summed E-state index contributed by atoms with van der Waals surface area (Å²) in [6.45, 7) is 0.285. The summed E-state index contributed by atoms with van der Waals surface area (Å²) in [6.07, 6.45) is 0.215. The van der Waals surface area contributed by atoms with Crippen molar-refractivity contribution in [3.05, 3.63) is 76.0 Å². The summed E-state index contributed by atoms with van der Waals surface area (Å²) in [4.78, 5) is 35.5. The van der Waals surface area contributed by atoms with E-state index in [0.29, 0.717) is 27.2 Å². The Hall–Kier alpha value is -3.61. The molecule has 32 heavy (non-hydrogen) atoms. The Morgan fingerprint density at radius 1 is 1.16 bits per heavy atom. The van der Waals surface area contributed by atoms with Gasteiger partial charge >= 0.3 is 0 Å². The summed E-state index contributed by atoms with van der Waals surface area (Å²) in [6, 6.07) is 19.7. The molecule has 0 radical (unpaired) electrons. The van der Waals surface area contributed by atoms with Crippen LogP contribution in [-0.4, -0.2) is 37.8 Å². The maximum atomic E-state index is 13.0. The second-order valence-corrected chi connectivity index (χ2v) is 8.11. The van der Waals surface area contributed by atoms with Gasteiger partial charge in [0, 0.05) is 28.9 Å². The number of anilines is 1. The fraction of sp³-hybridized carbons (Fsp3) is 0.136. The minimum Gasteiger partial charge on any atom is -0.311 e. The molecule has 0 aliphatic rings. The van der Waals surface area contributed by atoms with Crippen molar-refractivity contribution in [3.8, 4) is 17.5 Å². The topological polar surface area (TPSA) is 107 Å². The van der Waals surface area contributed by atoms with E-state index < -0.39 is 0 Å². The number of hydrogen-bond acceptors (Lipinski definition) is 6. The van der Waals surface area contributed by atoms with Crippen LogP contribution in [0.4, 0.5) is 5.69 Å². The predicted molar refractivity (Wildman–Crippen MR) is 124 cm³/mol. The lowest BCUT2D eigenvalue weighted by atomic mass is 10.2. The zero-order valence-corrected chi connectivity index (χ0v) is 18.3. The lowest BCUT2D eigenvalue weighted by Gasteiger charge is -2.21. The van der Waals surface area contributed by atoms with Gasteiger partial charge in [-0.1, -0.05) is 53.7 Å². The number of benzene rings is 2. The number of carbonyl (C=O) groups is 1. The number of carbonyl (C=O) groups excluding carboxylic acids is 1. The molecule has 0 spiro atoms. The molecule has 0 saturated heterocycles. The van der Waals surface area contributed by atoms with Crippen LogP contribution < -0.4 is 10.5 Å². The number of H-pyrrole nitrogens is 1. The number of thioether (sulfide) groups is 1. The number of aromatic nitrogens is 4. The number of rotatable bonds is 7. The molecule has 0 unspecified atom stereocenters. The van der Waals surface area contributed by atoms with Gasteiger partial charge in [0.05, 0.1) is 18.2 Å². The smallest absolute Gasteiger partial charge is 0.266 e. The van der Waals surface area contributed by atoms with Crippen LogP contribution in [0.1, 0.15) is 6.42 Å². The van der Waals surface area contributed by atoms with Gasteiger partial charge < -0.3 is 4.90 Å². The highest BCUT2D eigenvalue weighted by Gasteiger charge is 2.18. The highest BCUT2D eigenvalue weighted by Crippen LogP contribution is 2.24. The summed E-state index contributed by atoms with van der Waals surface area (Å²) in [7, 11) is 0. The van der Waals surface area contributed by atoms with Gasteiger partial charge in [0.1, 0.15) is 0 Å². The summed E-state index contributed by atoms with van der Waals surface area (Å²) in [5.41, 5.74) is 1.48. The molecule has 2 aromatic carbocycles. The van der Waals surface area contributed by atoms with Gasteiger partial charge in [0.25, 0.3) is 5.56 Å². The largest absolute Gasteiger partial charge is 0.311 e. The molecule has 1 N–H and O–H groups in total. The average Bonchev–Trinajstić information content (AvgIpc) is 3.18. The van der Waals surface area contributed by atoms with Crippen LogP contribution in [0.15, 0.2) is 70.6 Å². The Morgan fingerprint density at radius 3 is 2.72 bits per heavy atom. The first kappa shape index (κ1) is 21.6. The first-order valence-electron chi connectivity index (χ1n) is 9.66. The first-order valence-corrected chi connectivity index (χ1v) is 11.0. The standard InChI is InChI=1S/C22H17ClN6O2S/c23-16-7-4-6-15(12-16)21-25-18-13-19(30)27-29(18)22(26-21)32-14-20(31)28(11-5-10-24)17-8-2-1-3-9-17/h1-4,6-9,12-13H,5,11,14H2,(H,27,30). The molecule has 4 aromatic rings. The van der Waals surface area contributed by atoms with E-state index in [0.717, 1.165) is 5.69 Å². The van der Waals surface area contributed by atoms with Crippen molar-refractivity contribution in [2.24, 2.45) is 0 Å². The van der Waals surface area contributed by atoms with E-state index in [1.165, 1.54) is 22.3 Å². The number of halogens is 1. The molecule has 2 heterocycles. The lowest BCUT2D eigenvalue weighted by Crippen LogP contribution is -2.33. The normalized spacial score (nSPS) is 10.8. The summed E-state index contributed by atoms with van der Waals surface area (Å²) >= 11 is 7.27. The van der Waals surface area contributed by atoms with Gasteiger partial charge in [-0.05, 0) is 24.3 Å². The van der Waals surface area contributed by atoms with Crippen LogP contribution in [0.3, 0.4) is 0 Å². The third kappa shape index (κ3) is 4.82. The fourth-order valence-corrected chi connectivity index (χ4v) is 4.13. The van der Waals surface area contributed by atoms with Gasteiger partial charge in [0.15, 0.2) is 16.6 Å². The minimum absolute atomic E-state index is 0.0572. The predicted octanol–water partition coefficient (Wildman–Crippen LogP) is 3.78. The third-order valence-corrected chi connectivity index (χ3v) is 5.71.